The van der Waals surface area contributed by atoms with E-state index in [4.69, 9.17) is 11.6 Å². The fourth-order valence-corrected chi connectivity index (χ4v) is 5.75. The van der Waals surface area contributed by atoms with E-state index in [1.165, 1.54) is 29.2 Å². The predicted molar refractivity (Wildman–Crippen MR) is 153 cm³/mol. The van der Waals surface area contributed by atoms with Gasteiger partial charge in [0.15, 0.2) is 0 Å². The number of benzene rings is 3. The van der Waals surface area contributed by atoms with Gasteiger partial charge in [0.25, 0.3) is 0 Å². The van der Waals surface area contributed by atoms with Crippen LogP contribution in [0.15, 0.2) is 77.7 Å². The average molecular weight is 574 g/mol. The lowest BCUT2D eigenvalue weighted by atomic mass is 9.87. The van der Waals surface area contributed by atoms with Gasteiger partial charge in [0.2, 0.25) is 0 Å². The molecule has 0 spiro atoms. The van der Waals surface area contributed by atoms with Gasteiger partial charge in [-0.05, 0) is 73.0 Å². The Morgan fingerprint density at radius 1 is 0.750 bits per heavy atom. The standard InChI is InChI=1S/C28H31ClF2N2S.2ClH/c29-24-3-1-4-27(21-24)34-20-19-33-17-15-32(16-18-33)14-2-5-28(22-6-10-25(30)11-7-22)23-8-12-26(31)13-9-23;;/h1,3-4,6-13,21,28H,2,5,14-20H2;2*1H. The van der Waals surface area contributed by atoms with Crippen LogP contribution in [0.2, 0.25) is 5.02 Å². The summed E-state index contributed by atoms with van der Waals surface area (Å²) in [5.74, 6) is 0.749. The fourth-order valence-electron chi connectivity index (χ4n) is 4.52. The van der Waals surface area contributed by atoms with E-state index in [9.17, 15) is 8.78 Å². The Morgan fingerprint density at radius 3 is 1.81 bits per heavy atom. The van der Waals surface area contributed by atoms with Crippen LogP contribution in [-0.4, -0.2) is 54.8 Å². The van der Waals surface area contributed by atoms with Crippen molar-refractivity contribution in [2.24, 2.45) is 0 Å². The average Bonchev–Trinajstić information content (AvgIpc) is 2.84. The summed E-state index contributed by atoms with van der Waals surface area (Å²) >= 11 is 7.93. The summed E-state index contributed by atoms with van der Waals surface area (Å²) < 4.78 is 26.9. The minimum Gasteiger partial charge on any atom is -0.301 e. The van der Waals surface area contributed by atoms with Crippen molar-refractivity contribution < 1.29 is 8.78 Å². The molecule has 1 heterocycles. The molecule has 36 heavy (non-hydrogen) atoms. The Balaban J connectivity index is 0.00000228. The van der Waals surface area contributed by atoms with Crippen LogP contribution < -0.4 is 0 Å². The van der Waals surface area contributed by atoms with Crippen LogP contribution in [0, 0.1) is 11.6 Å². The molecule has 2 nitrogen and oxygen atoms in total. The summed E-state index contributed by atoms with van der Waals surface area (Å²) in [4.78, 5) is 6.30. The molecule has 3 aromatic carbocycles. The van der Waals surface area contributed by atoms with E-state index in [2.05, 4.69) is 15.9 Å². The van der Waals surface area contributed by atoms with E-state index in [0.29, 0.717) is 0 Å². The number of piperazine rings is 1. The van der Waals surface area contributed by atoms with Crippen LogP contribution in [-0.2, 0) is 0 Å². The number of rotatable bonds is 10. The van der Waals surface area contributed by atoms with Gasteiger partial charge in [-0.2, -0.15) is 0 Å². The highest BCUT2D eigenvalue weighted by Crippen LogP contribution is 2.30. The van der Waals surface area contributed by atoms with E-state index in [-0.39, 0.29) is 42.4 Å². The van der Waals surface area contributed by atoms with Crippen LogP contribution in [0.25, 0.3) is 0 Å². The van der Waals surface area contributed by atoms with Crippen LogP contribution >= 0.6 is 48.2 Å². The third-order valence-electron chi connectivity index (χ3n) is 6.45. The van der Waals surface area contributed by atoms with Crippen molar-refractivity contribution in [1.29, 1.82) is 0 Å². The minimum absolute atomic E-state index is 0. The number of halogens is 5. The lowest BCUT2D eigenvalue weighted by Crippen LogP contribution is -2.47. The topological polar surface area (TPSA) is 6.48 Å². The van der Waals surface area contributed by atoms with E-state index in [1.54, 1.807) is 0 Å². The third kappa shape index (κ3) is 9.51. The zero-order chi connectivity index (χ0) is 23.8. The van der Waals surface area contributed by atoms with Gasteiger partial charge in [-0.15, -0.1) is 36.6 Å². The molecule has 1 saturated heterocycles. The maximum Gasteiger partial charge on any atom is 0.123 e. The van der Waals surface area contributed by atoms with Gasteiger partial charge in [-0.1, -0.05) is 41.9 Å². The Kier molecular flexibility index (Phi) is 13.6. The van der Waals surface area contributed by atoms with Crippen molar-refractivity contribution in [3.63, 3.8) is 0 Å². The SMILES string of the molecule is Cl.Cl.Fc1ccc(C(CCCN2CCN(CCSc3cccc(Cl)c3)CC2)c2ccc(F)cc2)cc1. The number of nitrogens with zero attached hydrogens (tertiary/aromatic N) is 2. The van der Waals surface area contributed by atoms with E-state index in [1.807, 2.05) is 54.2 Å². The Morgan fingerprint density at radius 2 is 1.28 bits per heavy atom. The van der Waals surface area contributed by atoms with Crippen LogP contribution in [0.5, 0.6) is 0 Å². The molecule has 0 saturated carbocycles. The van der Waals surface area contributed by atoms with Gasteiger partial charge in [0.05, 0.1) is 0 Å². The Labute approximate surface area is 235 Å². The van der Waals surface area contributed by atoms with Gasteiger partial charge < -0.3 is 4.90 Å². The van der Waals surface area contributed by atoms with Crippen LogP contribution in [0.4, 0.5) is 8.78 Å². The van der Waals surface area contributed by atoms with Crippen molar-refractivity contribution in [2.45, 2.75) is 23.7 Å². The summed E-state index contributed by atoms with van der Waals surface area (Å²) in [5, 5.41) is 0.791. The minimum atomic E-state index is -0.231. The molecule has 196 valence electrons. The summed E-state index contributed by atoms with van der Waals surface area (Å²) in [7, 11) is 0. The van der Waals surface area contributed by atoms with Crippen molar-refractivity contribution in [3.8, 4) is 0 Å². The molecular weight excluding hydrogens is 541 g/mol. The largest absolute Gasteiger partial charge is 0.301 e. The molecule has 0 aliphatic carbocycles. The monoisotopic (exact) mass is 572 g/mol. The number of hydrogen-bond acceptors (Lipinski definition) is 3. The second-order valence-corrected chi connectivity index (χ2v) is 10.4. The molecule has 1 aliphatic rings. The molecule has 0 radical (unpaired) electrons. The highest BCUT2D eigenvalue weighted by Gasteiger charge is 2.19. The molecule has 8 heteroatoms. The second kappa shape index (κ2) is 15.8. The summed E-state index contributed by atoms with van der Waals surface area (Å²) in [6.07, 6.45) is 2.00. The zero-order valence-corrected chi connectivity index (χ0v) is 23.3. The van der Waals surface area contributed by atoms with E-state index in [0.717, 1.165) is 74.0 Å². The molecule has 3 aromatic rings. The van der Waals surface area contributed by atoms with Gasteiger partial charge in [0, 0.05) is 54.3 Å². The maximum atomic E-state index is 13.4. The molecule has 0 atom stereocenters. The second-order valence-electron chi connectivity index (χ2n) is 8.79. The lowest BCUT2D eigenvalue weighted by molar-refractivity contribution is 0.136. The quantitative estimate of drug-likeness (QED) is 0.229. The Bertz CT molecular complexity index is 984. The first-order valence-corrected chi connectivity index (χ1v) is 13.3. The summed E-state index contributed by atoms with van der Waals surface area (Å²) in [5.41, 5.74) is 2.16. The Hall–Kier alpha value is -1.34. The molecule has 0 unspecified atom stereocenters. The highest BCUT2D eigenvalue weighted by molar-refractivity contribution is 7.99. The third-order valence-corrected chi connectivity index (χ3v) is 7.66. The molecule has 0 amide bonds. The van der Waals surface area contributed by atoms with Gasteiger partial charge in [-0.25, -0.2) is 8.78 Å². The fraction of sp³-hybridized carbons (Fsp3) is 0.357. The van der Waals surface area contributed by atoms with Crippen molar-refractivity contribution in [1.82, 2.24) is 9.80 Å². The lowest BCUT2D eigenvalue weighted by Gasteiger charge is -2.35. The van der Waals surface area contributed by atoms with Gasteiger partial charge in [0.1, 0.15) is 11.6 Å². The summed E-state index contributed by atoms with van der Waals surface area (Å²) in [6.45, 7) is 6.48. The first kappa shape index (κ1) is 30.9. The first-order chi connectivity index (χ1) is 16.6. The van der Waals surface area contributed by atoms with Crippen molar-refractivity contribution >= 4 is 48.2 Å². The molecule has 1 aliphatic heterocycles. The smallest absolute Gasteiger partial charge is 0.123 e. The molecular formula is C28H33Cl3F2N2S. The molecule has 1 fully saturated rings. The van der Waals surface area contributed by atoms with Crippen molar-refractivity contribution in [2.75, 3.05) is 45.0 Å². The normalized spacial score (nSPS) is 14.3. The van der Waals surface area contributed by atoms with Crippen LogP contribution in [0.1, 0.15) is 29.9 Å². The maximum absolute atomic E-state index is 13.4. The van der Waals surface area contributed by atoms with Crippen molar-refractivity contribution in [3.05, 3.63) is 101 Å². The predicted octanol–water partition coefficient (Wildman–Crippen LogP) is 7.78. The van der Waals surface area contributed by atoms with Gasteiger partial charge >= 0.3 is 0 Å². The molecule has 0 bridgehead atoms. The molecule has 0 N–H and O–H groups in total. The molecule has 4 rings (SSSR count). The van der Waals surface area contributed by atoms with Crippen LogP contribution in [0.3, 0.4) is 0 Å². The van der Waals surface area contributed by atoms with E-state index < -0.39 is 0 Å². The van der Waals surface area contributed by atoms with E-state index >= 15 is 0 Å². The summed E-state index contributed by atoms with van der Waals surface area (Å²) in [6, 6.07) is 21.5. The number of hydrogen-bond donors (Lipinski definition) is 0. The molecule has 0 aromatic heterocycles. The first-order valence-electron chi connectivity index (χ1n) is 11.9. The zero-order valence-electron chi connectivity index (χ0n) is 20.1. The number of thioether (sulfide) groups is 1. The van der Waals surface area contributed by atoms with Gasteiger partial charge in [-0.3, -0.25) is 4.90 Å². The highest BCUT2D eigenvalue weighted by atomic mass is 35.5.